The van der Waals surface area contributed by atoms with E-state index in [1.807, 2.05) is 81.4 Å². The summed E-state index contributed by atoms with van der Waals surface area (Å²) >= 11 is 0. The molecule has 270 valence electrons. The van der Waals surface area contributed by atoms with Crippen molar-refractivity contribution in [2.75, 3.05) is 45.2 Å². The summed E-state index contributed by atoms with van der Waals surface area (Å²) < 4.78 is 23.0. The Bertz CT molecular complexity index is 1580. The molecule has 2 heterocycles. The van der Waals surface area contributed by atoms with Gasteiger partial charge in [-0.25, -0.2) is 4.39 Å². The first-order chi connectivity index (χ1) is 24.0. The van der Waals surface area contributed by atoms with Crippen LogP contribution in [-0.4, -0.2) is 56.3 Å². The lowest BCUT2D eigenvalue weighted by Crippen LogP contribution is -2.29. The van der Waals surface area contributed by atoms with Gasteiger partial charge in [-0.2, -0.15) is 0 Å². The van der Waals surface area contributed by atoms with Crippen LogP contribution in [-0.2, 0) is 0 Å². The number of aromatic nitrogens is 1. The highest BCUT2D eigenvalue weighted by molar-refractivity contribution is 5.85. The topological polar surface area (TPSA) is 40.6 Å². The van der Waals surface area contributed by atoms with Crippen LogP contribution in [0.15, 0.2) is 109 Å². The molecule has 2 unspecified atom stereocenters. The largest absolute Gasteiger partial charge is 0.487 e. The zero-order valence-electron chi connectivity index (χ0n) is 32.0. The van der Waals surface area contributed by atoms with E-state index in [9.17, 15) is 0 Å². The minimum absolute atomic E-state index is 0.132. The lowest BCUT2D eigenvalue weighted by Gasteiger charge is -2.29. The normalized spacial score (nSPS) is 16.7. The van der Waals surface area contributed by atoms with Gasteiger partial charge < -0.3 is 19.9 Å². The van der Waals surface area contributed by atoms with Gasteiger partial charge in [-0.1, -0.05) is 80.7 Å². The first-order valence-corrected chi connectivity index (χ1v) is 18.3. The summed E-state index contributed by atoms with van der Waals surface area (Å²) in [6.45, 7) is 24.1. The summed E-state index contributed by atoms with van der Waals surface area (Å²) in [5.74, 6) is 0.304. The monoisotopic (exact) mass is 680 g/mol. The van der Waals surface area contributed by atoms with E-state index in [-0.39, 0.29) is 11.7 Å². The SMILES string of the molecule is C=C(NCCC1CCCN1C)/C(=C/C)C(=C)c1cc(F)c(N(C)CC(CC)c2ccccn2)c(OC/C=C(C)/C=C\C=C/C(C)=C/CC)c1C. The van der Waals surface area contributed by atoms with Gasteiger partial charge in [0, 0.05) is 55.2 Å². The Kier molecular flexibility index (Phi) is 16.5. The minimum atomic E-state index is -0.348. The van der Waals surface area contributed by atoms with Crippen LogP contribution >= 0.6 is 0 Å². The van der Waals surface area contributed by atoms with Crippen molar-refractivity contribution in [2.45, 2.75) is 85.6 Å². The van der Waals surface area contributed by atoms with E-state index in [1.165, 1.54) is 18.4 Å². The summed E-state index contributed by atoms with van der Waals surface area (Å²) in [5, 5.41) is 3.52. The Morgan fingerprint density at radius 2 is 1.88 bits per heavy atom. The molecule has 1 N–H and O–H groups in total. The molecule has 1 saturated heterocycles. The zero-order chi connectivity index (χ0) is 36.6. The van der Waals surface area contributed by atoms with Crippen LogP contribution < -0.4 is 15.0 Å². The Morgan fingerprint density at radius 3 is 2.48 bits per heavy atom. The number of rotatable bonds is 19. The maximum absolute atomic E-state index is 16.5. The van der Waals surface area contributed by atoms with E-state index in [4.69, 9.17) is 4.74 Å². The Hall–Kier alpha value is -4.16. The van der Waals surface area contributed by atoms with E-state index < -0.39 is 0 Å². The number of nitrogens with zero attached hydrogens (tertiary/aromatic N) is 3. The Morgan fingerprint density at radius 1 is 1.16 bits per heavy atom. The molecule has 0 bridgehead atoms. The molecule has 1 fully saturated rings. The molecule has 1 aliphatic heterocycles. The number of hydrogen-bond donors (Lipinski definition) is 1. The predicted octanol–water partition coefficient (Wildman–Crippen LogP) is 10.5. The van der Waals surface area contributed by atoms with Gasteiger partial charge in [0.05, 0.1) is 0 Å². The van der Waals surface area contributed by atoms with Crippen LogP contribution in [0.5, 0.6) is 5.75 Å². The maximum atomic E-state index is 16.5. The van der Waals surface area contributed by atoms with Crippen molar-refractivity contribution in [1.82, 2.24) is 15.2 Å². The number of pyridine rings is 1. The van der Waals surface area contributed by atoms with Gasteiger partial charge in [0.15, 0.2) is 5.82 Å². The predicted molar refractivity (Wildman–Crippen MR) is 213 cm³/mol. The Balaban J connectivity index is 1.91. The molecule has 0 spiro atoms. The smallest absolute Gasteiger partial charge is 0.150 e. The number of allylic oxidation sites excluding steroid dienone is 9. The molecule has 6 heteroatoms. The van der Waals surface area contributed by atoms with Crippen molar-refractivity contribution in [1.29, 1.82) is 0 Å². The summed E-state index contributed by atoms with van der Waals surface area (Å²) in [6.07, 6.45) is 21.7. The second-order valence-corrected chi connectivity index (χ2v) is 13.4. The molecule has 0 aliphatic carbocycles. The third-order valence-electron chi connectivity index (χ3n) is 9.67. The standard InChI is InChI=1S/C44H61FN4O/c1-11-19-32(4)20-14-15-21-33(5)25-29-50-44-35(7)40(34(6)39(13-3)36(8)46-27-24-38-22-18-28-48(38)9)30-41(45)43(44)49(10)31-37(12-2)42-23-16-17-26-47-42/h13-17,19-21,23,25-26,30,37-38,46H,6,8,11-12,18,22,24,27-29,31H2,1-5,7,9-10H3/b20-14-,21-15-,32-19+,33-25+,39-13+. The van der Waals surface area contributed by atoms with Crippen LogP contribution in [0.3, 0.4) is 0 Å². The van der Waals surface area contributed by atoms with Crippen LogP contribution in [0, 0.1) is 12.7 Å². The molecular weight excluding hydrogens is 620 g/mol. The molecule has 1 aromatic heterocycles. The average molecular weight is 681 g/mol. The van der Waals surface area contributed by atoms with Crippen molar-refractivity contribution in [3.63, 3.8) is 0 Å². The minimum Gasteiger partial charge on any atom is -0.487 e. The molecule has 0 radical (unpaired) electrons. The molecule has 2 aromatic rings. The van der Waals surface area contributed by atoms with Gasteiger partial charge in [-0.15, -0.1) is 0 Å². The third-order valence-corrected chi connectivity index (χ3v) is 9.67. The number of likely N-dealkylation sites (tertiary alicyclic amines) is 1. The highest BCUT2D eigenvalue weighted by atomic mass is 19.1. The molecule has 2 atom stereocenters. The number of hydrogen-bond acceptors (Lipinski definition) is 5. The second-order valence-electron chi connectivity index (χ2n) is 13.4. The summed E-state index contributed by atoms with van der Waals surface area (Å²) in [4.78, 5) is 9.00. The van der Waals surface area contributed by atoms with Crippen LogP contribution in [0.4, 0.5) is 10.1 Å². The van der Waals surface area contributed by atoms with E-state index >= 15 is 4.39 Å². The summed E-state index contributed by atoms with van der Waals surface area (Å²) in [5.41, 5.74) is 7.66. The van der Waals surface area contributed by atoms with Gasteiger partial charge >= 0.3 is 0 Å². The van der Waals surface area contributed by atoms with E-state index in [1.54, 1.807) is 6.07 Å². The van der Waals surface area contributed by atoms with E-state index in [2.05, 4.69) is 74.4 Å². The van der Waals surface area contributed by atoms with Gasteiger partial charge in [0.1, 0.15) is 18.0 Å². The molecule has 1 aromatic carbocycles. The van der Waals surface area contributed by atoms with Crippen molar-refractivity contribution in [2.24, 2.45) is 0 Å². The average Bonchev–Trinajstić information content (AvgIpc) is 3.51. The molecule has 0 saturated carbocycles. The fraction of sp³-hybridized carbons (Fsp3) is 0.432. The quantitative estimate of drug-likeness (QED) is 0.150. The fourth-order valence-corrected chi connectivity index (χ4v) is 6.66. The fourth-order valence-electron chi connectivity index (χ4n) is 6.66. The number of likely N-dealkylation sites (N-methyl/N-ethyl adjacent to an activating group) is 1. The number of benzene rings is 1. The first-order valence-electron chi connectivity index (χ1n) is 18.3. The number of anilines is 1. The second kappa shape index (κ2) is 20.5. The van der Waals surface area contributed by atoms with E-state index in [0.29, 0.717) is 41.8 Å². The summed E-state index contributed by atoms with van der Waals surface area (Å²) in [6, 6.07) is 8.16. The number of nitrogens with one attached hydrogen (secondary N) is 1. The van der Waals surface area contributed by atoms with Crippen molar-refractivity contribution in [3.8, 4) is 5.75 Å². The van der Waals surface area contributed by atoms with Crippen molar-refractivity contribution >= 4 is 11.3 Å². The van der Waals surface area contributed by atoms with Gasteiger partial charge in [0.25, 0.3) is 0 Å². The first kappa shape index (κ1) is 40.3. The van der Waals surface area contributed by atoms with Crippen LogP contribution in [0.1, 0.15) is 89.5 Å². The van der Waals surface area contributed by atoms with Crippen molar-refractivity contribution < 1.29 is 9.13 Å². The lowest BCUT2D eigenvalue weighted by molar-refractivity contribution is 0.296. The molecular formula is C44H61FN4O. The number of ether oxygens (including phenoxy) is 1. The van der Waals surface area contributed by atoms with Crippen LogP contribution in [0.2, 0.25) is 0 Å². The highest BCUT2D eigenvalue weighted by Gasteiger charge is 2.25. The molecule has 0 amide bonds. The van der Waals surface area contributed by atoms with Gasteiger partial charge in [-0.05, 0) is 114 Å². The van der Waals surface area contributed by atoms with Crippen molar-refractivity contribution in [3.05, 3.63) is 131 Å². The van der Waals surface area contributed by atoms with E-state index in [0.717, 1.165) is 60.5 Å². The molecule has 3 rings (SSSR count). The number of halogens is 1. The summed E-state index contributed by atoms with van der Waals surface area (Å²) in [7, 11) is 4.13. The molecule has 5 nitrogen and oxygen atoms in total. The third kappa shape index (κ3) is 11.4. The van der Waals surface area contributed by atoms with Crippen LogP contribution in [0.25, 0.3) is 5.57 Å². The zero-order valence-corrected chi connectivity index (χ0v) is 32.0. The lowest BCUT2D eigenvalue weighted by atomic mass is 9.92. The maximum Gasteiger partial charge on any atom is 0.150 e. The van der Waals surface area contributed by atoms with Gasteiger partial charge in [-0.3, -0.25) is 4.98 Å². The molecule has 1 aliphatic rings. The molecule has 50 heavy (non-hydrogen) atoms. The van der Waals surface area contributed by atoms with Gasteiger partial charge in [0.2, 0.25) is 0 Å². The Labute approximate surface area is 302 Å². The highest BCUT2D eigenvalue weighted by Crippen LogP contribution is 2.41.